The quantitative estimate of drug-likeness (QED) is 0.596. The molecule has 1 unspecified atom stereocenters. The summed E-state index contributed by atoms with van der Waals surface area (Å²) >= 11 is 1.93. The minimum atomic E-state index is -0.274. The molecular weight excluding hydrogens is 172 g/mol. The maximum Gasteiger partial charge on any atom is 0.0771 e. The predicted octanol–water partition coefficient (Wildman–Crippen LogP) is 1.92. The lowest BCUT2D eigenvalue weighted by Crippen LogP contribution is -2.14. The first-order valence-electron chi connectivity index (χ1n) is 4.64. The van der Waals surface area contributed by atoms with Gasteiger partial charge in [0.05, 0.1) is 12.7 Å². The van der Waals surface area contributed by atoms with Gasteiger partial charge in [0.1, 0.15) is 0 Å². The summed E-state index contributed by atoms with van der Waals surface area (Å²) in [5.74, 6) is 2.34. The normalized spacial score (nSPS) is 13.2. The first kappa shape index (κ1) is 12.3. The summed E-state index contributed by atoms with van der Waals surface area (Å²) in [6, 6.07) is 0. The minimum Gasteiger partial charge on any atom is -0.391 e. The lowest BCUT2D eigenvalue weighted by molar-refractivity contribution is 0.0356. The lowest BCUT2D eigenvalue weighted by Gasteiger charge is -2.07. The summed E-state index contributed by atoms with van der Waals surface area (Å²) in [5, 5.41) is 9.13. The van der Waals surface area contributed by atoms with Crippen LogP contribution in [0.3, 0.4) is 0 Å². The van der Waals surface area contributed by atoms with E-state index in [1.807, 2.05) is 18.7 Å². The fourth-order valence-corrected chi connectivity index (χ4v) is 1.36. The van der Waals surface area contributed by atoms with Gasteiger partial charge in [0, 0.05) is 6.61 Å². The molecule has 0 bridgehead atoms. The highest BCUT2D eigenvalue weighted by Crippen LogP contribution is 2.01. The van der Waals surface area contributed by atoms with Crippen molar-refractivity contribution in [1.82, 2.24) is 0 Å². The largest absolute Gasteiger partial charge is 0.391 e. The van der Waals surface area contributed by atoms with Gasteiger partial charge in [0.25, 0.3) is 0 Å². The second-order valence-electron chi connectivity index (χ2n) is 2.69. The average Bonchev–Trinajstić information content (AvgIpc) is 2.10. The van der Waals surface area contributed by atoms with Gasteiger partial charge < -0.3 is 9.84 Å². The lowest BCUT2D eigenvalue weighted by atomic mass is 10.3. The molecule has 2 nitrogen and oxygen atoms in total. The number of aliphatic hydroxyl groups is 1. The molecular formula is C9H20O2S. The van der Waals surface area contributed by atoms with E-state index in [-0.39, 0.29) is 6.10 Å². The molecule has 0 heterocycles. The van der Waals surface area contributed by atoms with Crippen molar-refractivity contribution in [3.8, 4) is 0 Å². The first-order valence-corrected chi connectivity index (χ1v) is 5.80. The molecule has 3 heteroatoms. The first-order chi connectivity index (χ1) is 5.81. The maximum atomic E-state index is 9.13. The number of thioether (sulfide) groups is 1. The molecule has 0 radical (unpaired) electrons. The van der Waals surface area contributed by atoms with Crippen LogP contribution < -0.4 is 0 Å². The third-order valence-electron chi connectivity index (χ3n) is 1.56. The van der Waals surface area contributed by atoms with Crippen LogP contribution in [0.4, 0.5) is 0 Å². The van der Waals surface area contributed by atoms with Crippen LogP contribution in [0.1, 0.15) is 26.7 Å². The van der Waals surface area contributed by atoms with E-state index in [0.717, 1.165) is 19.4 Å². The molecule has 0 fully saturated rings. The van der Waals surface area contributed by atoms with Gasteiger partial charge in [-0.15, -0.1) is 0 Å². The molecule has 0 spiro atoms. The van der Waals surface area contributed by atoms with Crippen molar-refractivity contribution in [1.29, 1.82) is 0 Å². The second-order valence-corrected chi connectivity index (χ2v) is 4.08. The topological polar surface area (TPSA) is 29.5 Å². The number of hydrogen-bond donors (Lipinski definition) is 1. The van der Waals surface area contributed by atoms with Gasteiger partial charge in [-0.25, -0.2) is 0 Å². The predicted molar refractivity (Wildman–Crippen MR) is 54.7 cm³/mol. The van der Waals surface area contributed by atoms with E-state index < -0.39 is 0 Å². The molecule has 0 saturated heterocycles. The Kier molecular flexibility index (Phi) is 9.57. The Hall–Kier alpha value is 0.270. The molecule has 0 aliphatic rings. The van der Waals surface area contributed by atoms with Crippen LogP contribution in [0, 0.1) is 0 Å². The smallest absolute Gasteiger partial charge is 0.0771 e. The molecule has 1 N–H and O–H groups in total. The maximum absolute atomic E-state index is 9.13. The van der Waals surface area contributed by atoms with Gasteiger partial charge in [-0.3, -0.25) is 0 Å². The molecule has 0 aliphatic heterocycles. The summed E-state index contributed by atoms with van der Waals surface area (Å²) in [7, 11) is 0. The number of aliphatic hydroxyl groups excluding tert-OH is 1. The van der Waals surface area contributed by atoms with E-state index in [4.69, 9.17) is 9.84 Å². The third kappa shape index (κ3) is 8.37. The van der Waals surface area contributed by atoms with Crippen molar-refractivity contribution in [3.63, 3.8) is 0 Å². The molecule has 0 saturated carbocycles. The Morgan fingerprint density at radius 2 is 2.17 bits per heavy atom. The average molecular weight is 192 g/mol. The zero-order valence-electron chi connectivity index (χ0n) is 8.08. The SMILES string of the molecule is CCSCCCOCC(O)CC. The second kappa shape index (κ2) is 9.36. The van der Waals surface area contributed by atoms with Crippen LogP contribution in [-0.2, 0) is 4.74 Å². The highest BCUT2D eigenvalue weighted by atomic mass is 32.2. The molecule has 0 amide bonds. The molecule has 1 atom stereocenters. The molecule has 12 heavy (non-hydrogen) atoms. The molecule has 0 rings (SSSR count). The highest BCUT2D eigenvalue weighted by Gasteiger charge is 1.98. The number of hydrogen-bond acceptors (Lipinski definition) is 3. The summed E-state index contributed by atoms with van der Waals surface area (Å²) in [5.41, 5.74) is 0. The van der Waals surface area contributed by atoms with E-state index in [1.54, 1.807) is 0 Å². The summed E-state index contributed by atoms with van der Waals surface area (Å²) in [4.78, 5) is 0. The Balaban J connectivity index is 2.90. The van der Waals surface area contributed by atoms with E-state index in [1.165, 1.54) is 11.5 Å². The monoisotopic (exact) mass is 192 g/mol. The van der Waals surface area contributed by atoms with Crippen molar-refractivity contribution in [2.75, 3.05) is 24.7 Å². The molecule has 0 aromatic heterocycles. The van der Waals surface area contributed by atoms with Crippen molar-refractivity contribution < 1.29 is 9.84 Å². The fraction of sp³-hybridized carbons (Fsp3) is 1.00. The zero-order valence-corrected chi connectivity index (χ0v) is 8.90. The van der Waals surface area contributed by atoms with Gasteiger partial charge >= 0.3 is 0 Å². The van der Waals surface area contributed by atoms with Crippen molar-refractivity contribution in [2.24, 2.45) is 0 Å². The Labute approximate surface area is 79.7 Å². The van der Waals surface area contributed by atoms with Gasteiger partial charge in [-0.2, -0.15) is 11.8 Å². The minimum absolute atomic E-state index is 0.274. The van der Waals surface area contributed by atoms with Crippen LogP contribution in [-0.4, -0.2) is 35.9 Å². The summed E-state index contributed by atoms with van der Waals surface area (Å²) in [6.45, 7) is 5.39. The third-order valence-corrected chi connectivity index (χ3v) is 2.55. The van der Waals surface area contributed by atoms with Crippen molar-refractivity contribution in [2.45, 2.75) is 32.8 Å². The summed E-state index contributed by atoms with van der Waals surface area (Å²) < 4.78 is 5.27. The fourth-order valence-electron chi connectivity index (χ4n) is 0.745. The Morgan fingerprint density at radius 1 is 1.42 bits per heavy atom. The molecule has 0 aromatic carbocycles. The van der Waals surface area contributed by atoms with Gasteiger partial charge in [-0.1, -0.05) is 13.8 Å². The zero-order chi connectivity index (χ0) is 9.23. The van der Waals surface area contributed by atoms with E-state index in [9.17, 15) is 0 Å². The van der Waals surface area contributed by atoms with Crippen LogP contribution >= 0.6 is 11.8 Å². The number of rotatable bonds is 8. The van der Waals surface area contributed by atoms with Crippen molar-refractivity contribution >= 4 is 11.8 Å². The highest BCUT2D eigenvalue weighted by molar-refractivity contribution is 7.99. The number of ether oxygens (including phenoxy) is 1. The van der Waals surface area contributed by atoms with Gasteiger partial charge in [-0.05, 0) is 24.3 Å². The van der Waals surface area contributed by atoms with Crippen LogP contribution in [0.25, 0.3) is 0 Å². The van der Waals surface area contributed by atoms with E-state index >= 15 is 0 Å². The van der Waals surface area contributed by atoms with E-state index in [2.05, 4.69) is 6.92 Å². The molecule has 0 aliphatic carbocycles. The Bertz CT molecular complexity index is 88.6. The Morgan fingerprint density at radius 3 is 2.75 bits per heavy atom. The van der Waals surface area contributed by atoms with Crippen LogP contribution in [0.2, 0.25) is 0 Å². The van der Waals surface area contributed by atoms with Crippen LogP contribution in [0.5, 0.6) is 0 Å². The molecule has 0 aromatic rings. The summed E-state index contributed by atoms with van der Waals surface area (Å²) in [6.07, 6.45) is 1.60. The molecule has 74 valence electrons. The van der Waals surface area contributed by atoms with E-state index in [0.29, 0.717) is 6.61 Å². The van der Waals surface area contributed by atoms with Crippen LogP contribution in [0.15, 0.2) is 0 Å². The van der Waals surface area contributed by atoms with Crippen molar-refractivity contribution in [3.05, 3.63) is 0 Å². The van der Waals surface area contributed by atoms with Gasteiger partial charge in [0.2, 0.25) is 0 Å². The van der Waals surface area contributed by atoms with Gasteiger partial charge in [0.15, 0.2) is 0 Å². The standard InChI is InChI=1S/C9H20O2S/c1-3-9(10)8-11-6-5-7-12-4-2/h9-10H,3-8H2,1-2H3.